The molecule has 5 aromatic rings. The lowest BCUT2D eigenvalue weighted by Crippen LogP contribution is -2.30. The number of nitriles is 1. The van der Waals surface area contributed by atoms with Gasteiger partial charge in [-0.25, -0.2) is 4.57 Å². The van der Waals surface area contributed by atoms with Crippen LogP contribution in [0.25, 0.3) is 44.3 Å². The zero-order valence-corrected chi connectivity index (χ0v) is 18.2. The molecule has 0 fully saturated rings. The molecule has 2 aromatic heterocycles. The van der Waals surface area contributed by atoms with Gasteiger partial charge in [0.2, 0.25) is 5.69 Å². The Morgan fingerprint density at radius 2 is 1.65 bits per heavy atom. The minimum absolute atomic E-state index is 0.634. The highest BCUT2D eigenvalue weighted by Gasteiger charge is 2.23. The Labute approximate surface area is 181 Å². The molecule has 0 aliphatic rings. The van der Waals surface area contributed by atoms with Crippen LogP contribution in [0.1, 0.15) is 22.3 Å². The van der Waals surface area contributed by atoms with Crippen molar-refractivity contribution in [3.63, 3.8) is 0 Å². The Morgan fingerprint density at radius 1 is 0.839 bits per heavy atom. The highest BCUT2D eigenvalue weighted by molar-refractivity contribution is 6.15. The number of benzene rings is 3. The monoisotopic (exact) mass is 403 g/mol. The summed E-state index contributed by atoms with van der Waals surface area (Å²) in [5.41, 5.74) is 10.1. The first-order chi connectivity index (χ1) is 15.0. The quantitative estimate of drug-likeness (QED) is 0.314. The van der Waals surface area contributed by atoms with Gasteiger partial charge in [-0.1, -0.05) is 35.9 Å². The molecule has 0 aliphatic heterocycles. The van der Waals surface area contributed by atoms with E-state index in [1.807, 2.05) is 37.5 Å². The maximum atomic E-state index is 9.86. The molecule has 3 nitrogen and oxygen atoms in total. The molecule has 3 aromatic carbocycles. The second kappa shape index (κ2) is 7.11. The Hall–Kier alpha value is -3.90. The lowest BCUT2D eigenvalue weighted by molar-refractivity contribution is -0.660. The predicted octanol–water partition coefficient (Wildman–Crippen LogP) is 6.54. The molecule has 0 spiro atoms. The van der Waals surface area contributed by atoms with Gasteiger partial charge in [0.1, 0.15) is 18.2 Å². The number of aromatic nitrogens is 1. The molecule has 5 rings (SSSR count). The van der Waals surface area contributed by atoms with Crippen LogP contribution in [0.2, 0.25) is 0 Å². The lowest BCUT2D eigenvalue weighted by atomic mass is 9.94. The van der Waals surface area contributed by atoms with Crippen molar-refractivity contribution >= 4 is 21.9 Å². The third-order valence-corrected chi connectivity index (χ3v) is 6.10. The van der Waals surface area contributed by atoms with Crippen molar-refractivity contribution < 1.29 is 8.98 Å². The SMILES string of the molecule is Cc1ccc(-c2ccc(C#N)c3c2oc2c(-c4cccc[n+]4C)c(C)ccc23)c(C)c1. The normalized spacial score (nSPS) is 11.2. The van der Waals surface area contributed by atoms with Gasteiger partial charge >= 0.3 is 0 Å². The van der Waals surface area contributed by atoms with E-state index in [1.54, 1.807) is 0 Å². The minimum Gasteiger partial charge on any atom is -0.454 e. The van der Waals surface area contributed by atoms with Crippen LogP contribution in [0.3, 0.4) is 0 Å². The van der Waals surface area contributed by atoms with Crippen molar-refractivity contribution in [1.82, 2.24) is 0 Å². The fourth-order valence-electron chi connectivity index (χ4n) is 4.56. The third kappa shape index (κ3) is 2.92. The number of fused-ring (bicyclic) bond motifs is 3. The second-order valence-corrected chi connectivity index (χ2v) is 8.23. The van der Waals surface area contributed by atoms with Gasteiger partial charge in [-0.2, -0.15) is 5.26 Å². The summed E-state index contributed by atoms with van der Waals surface area (Å²) in [5, 5.41) is 11.7. The number of pyridine rings is 1. The number of aryl methyl sites for hydroxylation is 4. The van der Waals surface area contributed by atoms with Gasteiger partial charge in [0.15, 0.2) is 6.20 Å². The predicted molar refractivity (Wildman–Crippen MR) is 125 cm³/mol. The van der Waals surface area contributed by atoms with E-state index in [4.69, 9.17) is 4.42 Å². The smallest absolute Gasteiger partial charge is 0.216 e. The molecule has 0 radical (unpaired) electrons. The standard InChI is InChI=1S/C28H23N2O/c1-17-8-11-21(19(3)15-17)22-13-10-20(16-29)26-23-12-9-18(2)25(28(23)31-27(22)26)24-7-5-6-14-30(24)4/h5-15H,1-4H3/q+1. The molecule has 0 N–H and O–H groups in total. The van der Waals surface area contributed by atoms with Crippen LogP contribution in [0.5, 0.6) is 0 Å². The number of nitrogens with zero attached hydrogens (tertiary/aromatic N) is 2. The molecule has 0 saturated carbocycles. The Balaban J connectivity index is 1.94. The number of hydrogen-bond donors (Lipinski definition) is 0. The van der Waals surface area contributed by atoms with Gasteiger partial charge in [0.25, 0.3) is 0 Å². The maximum Gasteiger partial charge on any atom is 0.216 e. The van der Waals surface area contributed by atoms with Crippen molar-refractivity contribution in [2.24, 2.45) is 7.05 Å². The molecule has 0 saturated heterocycles. The topological polar surface area (TPSA) is 40.8 Å². The van der Waals surface area contributed by atoms with E-state index in [0.717, 1.165) is 49.9 Å². The average molecular weight is 404 g/mol. The van der Waals surface area contributed by atoms with Crippen LogP contribution in [0, 0.1) is 32.1 Å². The summed E-state index contributed by atoms with van der Waals surface area (Å²) in [6, 6.07) is 23.1. The first-order valence-corrected chi connectivity index (χ1v) is 10.4. The van der Waals surface area contributed by atoms with Crippen LogP contribution in [-0.2, 0) is 7.05 Å². The summed E-state index contributed by atoms with van der Waals surface area (Å²) in [7, 11) is 2.04. The van der Waals surface area contributed by atoms with Crippen LogP contribution in [-0.4, -0.2) is 0 Å². The molecular weight excluding hydrogens is 380 g/mol. The van der Waals surface area contributed by atoms with E-state index in [0.29, 0.717) is 5.56 Å². The lowest BCUT2D eigenvalue weighted by Gasteiger charge is -2.08. The maximum absolute atomic E-state index is 9.86. The van der Waals surface area contributed by atoms with Gasteiger partial charge in [-0.15, -0.1) is 0 Å². The zero-order valence-electron chi connectivity index (χ0n) is 18.2. The second-order valence-electron chi connectivity index (χ2n) is 8.23. The molecule has 0 amide bonds. The Morgan fingerprint density at radius 3 is 2.39 bits per heavy atom. The first kappa shape index (κ1) is 19.1. The molecule has 3 heteroatoms. The third-order valence-electron chi connectivity index (χ3n) is 6.10. The van der Waals surface area contributed by atoms with E-state index in [2.05, 4.69) is 67.8 Å². The van der Waals surface area contributed by atoms with E-state index in [9.17, 15) is 5.26 Å². The summed E-state index contributed by atoms with van der Waals surface area (Å²) in [5.74, 6) is 0. The van der Waals surface area contributed by atoms with Crippen molar-refractivity contribution in [3.8, 4) is 28.5 Å². The van der Waals surface area contributed by atoms with Gasteiger partial charge in [0.05, 0.1) is 17.2 Å². The average Bonchev–Trinajstić information content (AvgIpc) is 3.14. The largest absolute Gasteiger partial charge is 0.454 e. The highest BCUT2D eigenvalue weighted by atomic mass is 16.3. The number of furan rings is 1. The van der Waals surface area contributed by atoms with Gasteiger partial charge < -0.3 is 4.42 Å². The molecule has 31 heavy (non-hydrogen) atoms. The molecule has 0 atom stereocenters. The first-order valence-electron chi connectivity index (χ1n) is 10.4. The summed E-state index contributed by atoms with van der Waals surface area (Å²) in [6.07, 6.45) is 2.04. The Kier molecular flexibility index (Phi) is 4.38. The fraction of sp³-hybridized carbons (Fsp3) is 0.143. The molecule has 0 unspecified atom stereocenters. The summed E-state index contributed by atoms with van der Waals surface area (Å²) in [6.45, 7) is 6.32. The Bertz CT molecular complexity index is 1530. The van der Waals surface area contributed by atoms with Crippen molar-refractivity contribution in [3.05, 3.63) is 89.1 Å². The van der Waals surface area contributed by atoms with E-state index in [-0.39, 0.29) is 0 Å². The summed E-state index contributed by atoms with van der Waals surface area (Å²) < 4.78 is 8.73. The molecular formula is C28H23N2O+. The van der Waals surface area contributed by atoms with Crippen LogP contribution in [0.15, 0.2) is 71.3 Å². The number of hydrogen-bond acceptors (Lipinski definition) is 2. The minimum atomic E-state index is 0.634. The van der Waals surface area contributed by atoms with E-state index >= 15 is 0 Å². The van der Waals surface area contributed by atoms with E-state index < -0.39 is 0 Å². The molecule has 150 valence electrons. The van der Waals surface area contributed by atoms with Crippen LogP contribution in [0.4, 0.5) is 0 Å². The molecule has 2 heterocycles. The highest BCUT2D eigenvalue weighted by Crippen LogP contribution is 2.42. The van der Waals surface area contributed by atoms with Crippen LogP contribution < -0.4 is 4.57 Å². The van der Waals surface area contributed by atoms with Crippen molar-refractivity contribution in [2.45, 2.75) is 20.8 Å². The molecule has 0 aliphatic carbocycles. The van der Waals surface area contributed by atoms with Crippen molar-refractivity contribution in [1.29, 1.82) is 5.26 Å². The van der Waals surface area contributed by atoms with Crippen LogP contribution >= 0.6 is 0 Å². The van der Waals surface area contributed by atoms with Crippen molar-refractivity contribution in [2.75, 3.05) is 0 Å². The fourth-order valence-corrected chi connectivity index (χ4v) is 4.56. The number of rotatable bonds is 2. The van der Waals surface area contributed by atoms with Gasteiger partial charge in [-0.3, -0.25) is 0 Å². The van der Waals surface area contributed by atoms with Gasteiger partial charge in [0, 0.05) is 28.5 Å². The summed E-state index contributed by atoms with van der Waals surface area (Å²) in [4.78, 5) is 0. The zero-order chi connectivity index (χ0) is 21.7. The molecule has 0 bridgehead atoms. The van der Waals surface area contributed by atoms with Gasteiger partial charge in [-0.05, 0) is 55.7 Å². The van der Waals surface area contributed by atoms with E-state index in [1.165, 1.54) is 11.1 Å². The summed E-state index contributed by atoms with van der Waals surface area (Å²) >= 11 is 0.